The van der Waals surface area contributed by atoms with Crippen molar-refractivity contribution in [2.45, 2.75) is 6.92 Å². The lowest BCUT2D eigenvalue weighted by molar-refractivity contribution is 0.102. The number of nitrogens with zero attached hydrogens (tertiary/aromatic N) is 7. The van der Waals surface area contributed by atoms with Crippen molar-refractivity contribution in [1.29, 1.82) is 0 Å². The van der Waals surface area contributed by atoms with Crippen LogP contribution in [0.2, 0.25) is 0 Å². The second-order valence-corrected chi connectivity index (χ2v) is 8.44. The van der Waals surface area contributed by atoms with Crippen molar-refractivity contribution in [2.75, 3.05) is 43.4 Å². The summed E-state index contributed by atoms with van der Waals surface area (Å²) in [5, 5.41) is 9.01. The minimum absolute atomic E-state index is 0.196. The quantitative estimate of drug-likeness (QED) is 0.520. The van der Waals surface area contributed by atoms with Gasteiger partial charge in [0, 0.05) is 80.1 Å². The normalized spacial score (nSPS) is 14.6. The maximum Gasteiger partial charge on any atom is 0.257 e. The fourth-order valence-corrected chi connectivity index (χ4v) is 4.11. The Labute approximate surface area is 192 Å². The first-order valence-corrected chi connectivity index (χ1v) is 10.9. The van der Waals surface area contributed by atoms with E-state index in [1.54, 1.807) is 35.5 Å². The molecule has 168 valence electrons. The molecule has 0 atom stereocenters. The number of aryl methyl sites for hydroxylation is 1. The van der Waals surface area contributed by atoms with E-state index in [2.05, 4.69) is 42.2 Å². The number of aromatic nitrogens is 5. The number of nitrogens with one attached hydrogen (secondary N) is 1. The standard InChI is InChI=1S/C24H26N8O/c1-16-20(4-5-25-23(16)32-8-6-30(2)7-9-32)24(33)29-22-11-17-10-21(19-14-28-31(3)15-19)26-12-18(17)13-27-22/h4-5,10-15H,6-9H2,1-3H3,(H,27,29,33). The fourth-order valence-electron chi connectivity index (χ4n) is 4.11. The molecule has 5 rings (SSSR count). The van der Waals surface area contributed by atoms with Crippen molar-refractivity contribution < 1.29 is 4.79 Å². The van der Waals surface area contributed by atoms with Gasteiger partial charge in [-0.05, 0) is 37.6 Å². The molecule has 0 spiro atoms. The molecule has 1 fully saturated rings. The highest BCUT2D eigenvalue weighted by atomic mass is 16.1. The average Bonchev–Trinajstić information content (AvgIpc) is 3.25. The summed E-state index contributed by atoms with van der Waals surface area (Å²) in [5.41, 5.74) is 3.24. The van der Waals surface area contributed by atoms with Crippen molar-refractivity contribution in [3.05, 3.63) is 60.3 Å². The maximum atomic E-state index is 13.1. The number of amides is 1. The topological polar surface area (TPSA) is 92.1 Å². The van der Waals surface area contributed by atoms with Crippen LogP contribution in [-0.2, 0) is 7.05 Å². The lowest BCUT2D eigenvalue weighted by Crippen LogP contribution is -2.45. The number of pyridine rings is 3. The molecular formula is C24H26N8O. The number of likely N-dealkylation sites (N-methyl/N-ethyl adjacent to an activating group) is 1. The molecule has 4 aromatic rings. The molecule has 4 aromatic heterocycles. The first-order chi connectivity index (χ1) is 16.0. The van der Waals surface area contributed by atoms with E-state index in [9.17, 15) is 4.79 Å². The Morgan fingerprint density at radius 1 is 0.970 bits per heavy atom. The van der Waals surface area contributed by atoms with Gasteiger partial charge in [0.05, 0.1) is 11.9 Å². The Balaban J connectivity index is 1.39. The van der Waals surface area contributed by atoms with Gasteiger partial charge in [-0.15, -0.1) is 0 Å². The first kappa shape index (κ1) is 21.0. The van der Waals surface area contributed by atoms with E-state index in [1.165, 1.54) is 0 Å². The molecule has 1 N–H and O–H groups in total. The van der Waals surface area contributed by atoms with E-state index in [0.717, 1.165) is 59.6 Å². The van der Waals surface area contributed by atoms with Crippen molar-refractivity contribution >= 4 is 28.3 Å². The summed E-state index contributed by atoms with van der Waals surface area (Å²) >= 11 is 0. The molecule has 9 nitrogen and oxygen atoms in total. The van der Waals surface area contributed by atoms with Gasteiger partial charge in [0.2, 0.25) is 0 Å². The van der Waals surface area contributed by atoms with Crippen LogP contribution in [0.15, 0.2) is 49.2 Å². The van der Waals surface area contributed by atoms with Gasteiger partial charge in [-0.2, -0.15) is 5.10 Å². The molecular weight excluding hydrogens is 416 g/mol. The number of carbonyl (C=O) groups excluding carboxylic acids is 1. The van der Waals surface area contributed by atoms with Crippen LogP contribution in [0.4, 0.5) is 11.6 Å². The molecule has 5 heterocycles. The van der Waals surface area contributed by atoms with Crippen LogP contribution in [0, 0.1) is 6.92 Å². The fraction of sp³-hybridized carbons (Fsp3) is 0.292. The van der Waals surface area contributed by atoms with Crippen molar-refractivity contribution in [3.8, 4) is 11.3 Å². The molecule has 1 amide bonds. The highest BCUT2D eigenvalue weighted by molar-refractivity contribution is 6.06. The van der Waals surface area contributed by atoms with E-state index in [4.69, 9.17) is 0 Å². The SMILES string of the molecule is Cc1c(C(=O)Nc2cc3cc(-c4cnn(C)c4)ncc3cn2)ccnc1N1CCN(C)CC1. The number of piperazine rings is 1. The van der Waals surface area contributed by atoms with Crippen molar-refractivity contribution in [2.24, 2.45) is 7.05 Å². The zero-order valence-electron chi connectivity index (χ0n) is 19.0. The third-order valence-corrected chi connectivity index (χ3v) is 6.07. The number of hydrogen-bond acceptors (Lipinski definition) is 7. The van der Waals surface area contributed by atoms with Crippen LogP contribution in [0.3, 0.4) is 0 Å². The Morgan fingerprint density at radius 2 is 1.76 bits per heavy atom. The minimum Gasteiger partial charge on any atom is -0.354 e. The molecule has 0 aliphatic carbocycles. The second kappa shape index (κ2) is 8.59. The summed E-state index contributed by atoms with van der Waals surface area (Å²) in [6, 6.07) is 5.61. The van der Waals surface area contributed by atoms with Crippen molar-refractivity contribution in [1.82, 2.24) is 29.6 Å². The summed E-state index contributed by atoms with van der Waals surface area (Å²) in [4.78, 5) is 31.1. The van der Waals surface area contributed by atoms with E-state index in [0.29, 0.717) is 11.4 Å². The number of carbonyl (C=O) groups is 1. The summed E-state index contributed by atoms with van der Waals surface area (Å²) in [5.74, 6) is 1.17. The van der Waals surface area contributed by atoms with Gasteiger partial charge in [0.25, 0.3) is 5.91 Å². The van der Waals surface area contributed by atoms with Crippen LogP contribution in [-0.4, -0.2) is 68.8 Å². The molecule has 33 heavy (non-hydrogen) atoms. The van der Waals surface area contributed by atoms with Crippen LogP contribution >= 0.6 is 0 Å². The third kappa shape index (κ3) is 4.27. The number of fused-ring (bicyclic) bond motifs is 1. The van der Waals surface area contributed by atoms with Gasteiger partial charge in [-0.25, -0.2) is 9.97 Å². The van der Waals surface area contributed by atoms with Gasteiger partial charge in [0.15, 0.2) is 0 Å². The van der Waals surface area contributed by atoms with Crippen LogP contribution in [0.25, 0.3) is 22.0 Å². The summed E-state index contributed by atoms with van der Waals surface area (Å²) in [6.45, 7) is 5.71. The predicted octanol–water partition coefficient (Wildman–Crippen LogP) is 2.74. The Morgan fingerprint density at radius 3 is 2.52 bits per heavy atom. The molecule has 0 saturated carbocycles. The van der Waals surface area contributed by atoms with Crippen LogP contribution in [0.1, 0.15) is 15.9 Å². The van der Waals surface area contributed by atoms with Gasteiger partial charge >= 0.3 is 0 Å². The molecule has 1 aliphatic rings. The van der Waals surface area contributed by atoms with Crippen LogP contribution < -0.4 is 10.2 Å². The number of rotatable bonds is 4. The Bertz CT molecular complexity index is 1320. The lowest BCUT2D eigenvalue weighted by atomic mass is 10.1. The first-order valence-electron chi connectivity index (χ1n) is 10.9. The number of anilines is 2. The van der Waals surface area contributed by atoms with Gasteiger partial charge in [0.1, 0.15) is 11.6 Å². The molecule has 0 radical (unpaired) electrons. The highest BCUT2D eigenvalue weighted by Gasteiger charge is 2.20. The van der Waals surface area contributed by atoms with E-state index >= 15 is 0 Å². The second-order valence-electron chi connectivity index (χ2n) is 8.44. The molecule has 1 aliphatic heterocycles. The van der Waals surface area contributed by atoms with Gasteiger partial charge < -0.3 is 15.1 Å². The van der Waals surface area contributed by atoms with Crippen LogP contribution in [0.5, 0.6) is 0 Å². The average molecular weight is 443 g/mol. The zero-order chi connectivity index (χ0) is 22.9. The maximum absolute atomic E-state index is 13.1. The number of hydrogen-bond donors (Lipinski definition) is 1. The minimum atomic E-state index is -0.196. The van der Waals surface area contributed by atoms with E-state index in [1.807, 2.05) is 32.3 Å². The summed E-state index contributed by atoms with van der Waals surface area (Å²) < 4.78 is 1.74. The molecule has 0 aromatic carbocycles. The largest absolute Gasteiger partial charge is 0.354 e. The summed E-state index contributed by atoms with van der Waals surface area (Å²) in [6.07, 6.45) is 8.91. The van der Waals surface area contributed by atoms with Gasteiger partial charge in [-0.1, -0.05) is 0 Å². The Hall–Kier alpha value is -3.85. The van der Waals surface area contributed by atoms with Crippen molar-refractivity contribution in [3.63, 3.8) is 0 Å². The van der Waals surface area contributed by atoms with E-state index < -0.39 is 0 Å². The van der Waals surface area contributed by atoms with Gasteiger partial charge in [-0.3, -0.25) is 14.5 Å². The summed E-state index contributed by atoms with van der Waals surface area (Å²) in [7, 11) is 3.99. The monoisotopic (exact) mass is 442 g/mol. The zero-order valence-corrected chi connectivity index (χ0v) is 19.0. The molecule has 1 saturated heterocycles. The molecule has 0 bridgehead atoms. The highest BCUT2D eigenvalue weighted by Crippen LogP contribution is 2.25. The molecule has 9 heteroatoms. The predicted molar refractivity (Wildman–Crippen MR) is 128 cm³/mol. The third-order valence-electron chi connectivity index (χ3n) is 6.07. The van der Waals surface area contributed by atoms with E-state index in [-0.39, 0.29) is 5.91 Å². The molecule has 0 unspecified atom stereocenters. The lowest BCUT2D eigenvalue weighted by Gasteiger charge is -2.34. The Kier molecular flexibility index (Phi) is 5.47. The smallest absolute Gasteiger partial charge is 0.257 e.